The van der Waals surface area contributed by atoms with E-state index in [0.717, 1.165) is 26.2 Å². The molecule has 0 aromatic heterocycles. The lowest BCUT2D eigenvalue weighted by Crippen LogP contribution is -2.37. The second kappa shape index (κ2) is 4.40. The van der Waals surface area contributed by atoms with Gasteiger partial charge in [0.25, 0.3) is 0 Å². The highest BCUT2D eigenvalue weighted by Gasteiger charge is 2.34. The van der Waals surface area contributed by atoms with Crippen LogP contribution in [0.4, 0.5) is 0 Å². The minimum Gasteiger partial charge on any atom is -0.383 e. The number of hydrogen-bond acceptors (Lipinski definition) is 3. The van der Waals surface area contributed by atoms with E-state index >= 15 is 0 Å². The Balaban J connectivity index is 2.40. The van der Waals surface area contributed by atoms with Gasteiger partial charge in [-0.05, 0) is 31.8 Å². The quantitative estimate of drug-likeness (QED) is 0.702. The zero-order chi connectivity index (χ0) is 9.90. The van der Waals surface area contributed by atoms with Crippen LogP contribution in [-0.4, -0.2) is 44.3 Å². The molecule has 0 saturated carbocycles. The summed E-state index contributed by atoms with van der Waals surface area (Å²) in [6.07, 6.45) is 1.22. The number of ether oxygens (including phenoxy) is 1. The molecule has 0 aromatic carbocycles. The van der Waals surface area contributed by atoms with E-state index in [0.29, 0.717) is 11.5 Å². The molecular weight excluding hydrogens is 164 g/mol. The third kappa shape index (κ3) is 2.66. The van der Waals surface area contributed by atoms with Crippen LogP contribution >= 0.6 is 0 Å². The minimum atomic E-state index is 0.335. The summed E-state index contributed by atoms with van der Waals surface area (Å²) >= 11 is 0. The first-order valence-corrected chi connectivity index (χ1v) is 5.04. The molecule has 0 aliphatic carbocycles. The Morgan fingerprint density at radius 2 is 2.31 bits per heavy atom. The summed E-state index contributed by atoms with van der Waals surface area (Å²) in [4.78, 5) is 2.47. The number of nitrogens with zero attached hydrogens (tertiary/aromatic N) is 1. The molecule has 3 heteroatoms. The number of hydrogen-bond donors (Lipinski definition) is 1. The van der Waals surface area contributed by atoms with Crippen molar-refractivity contribution < 1.29 is 4.74 Å². The van der Waals surface area contributed by atoms with Crippen LogP contribution in [-0.2, 0) is 4.74 Å². The van der Waals surface area contributed by atoms with Gasteiger partial charge in [0.05, 0.1) is 6.61 Å². The summed E-state index contributed by atoms with van der Waals surface area (Å²) in [7, 11) is 1.76. The molecule has 0 aromatic rings. The lowest BCUT2D eigenvalue weighted by molar-refractivity contribution is 0.108. The smallest absolute Gasteiger partial charge is 0.0615 e. The zero-order valence-corrected chi connectivity index (χ0v) is 9.05. The number of nitrogens with two attached hydrogens (primary N) is 1. The molecule has 1 aliphatic rings. The fraction of sp³-hybridized carbons (Fsp3) is 1.00. The Morgan fingerprint density at radius 1 is 1.62 bits per heavy atom. The first kappa shape index (κ1) is 11.0. The standard InChI is InChI=1S/C10H22N2O/c1-9(6-13-3)12-5-4-10(2,7-11)8-12/h9H,4-8,11H2,1-3H3. The second-order valence-electron chi connectivity index (χ2n) is 4.54. The molecule has 3 nitrogen and oxygen atoms in total. The molecule has 1 rings (SSSR count). The van der Waals surface area contributed by atoms with Gasteiger partial charge in [0, 0.05) is 19.7 Å². The molecule has 13 heavy (non-hydrogen) atoms. The van der Waals surface area contributed by atoms with Crippen molar-refractivity contribution in [3.63, 3.8) is 0 Å². The van der Waals surface area contributed by atoms with E-state index in [1.807, 2.05) is 0 Å². The van der Waals surface area contributed by atoms with Crippen LogP contribution in [0.2, 0.25) is 0 Å². The van der Waals surface area contributed by atoms with Crippen LogP contribution in [0.3, 0.4) is 0 Å². The molecular formula is C10H22N2O. The van der Waals surface area contributed by atoms with Gasteiger partial charge in [-0.25, -0.2) is 0 Å². The molecule has 2 N–H and O–H groups in total. The molecule has 0 amide bonds. The van der Waals surface area contributed by atoms with Crippen molar-refractivity contribution in [1.82, 2.24) is 4.90 Å². The molecule has 1 heterocycles. The maximum Gasteiger partial charge on any atom is 0.0615 e. The van der Waals surface area contributed by atoms with Gasteiger partial charge in [-0.1, -0.05) is 6.92 Å². The van der Waals surface area contributed by atoms with Crippen LogP contribution < -0.4 is 5.73 Å². The average molecular weight is 186 g/mol. The molecule has 1 fully saturated rings. The van der Waals surface area contributed by atoms with E-state index in [2.05, 4.69) is 18.7 Å². The SMILES string of the molecule is COCC(C)N1CCC(C)(CN)C1. The fourth-order valence-corrected chi connectivity index (χ4v) is 1.95. The minimum absolute atomic E-state index is 0.335. The largest absolute Gasteiger partial charge is 0.383 e. The van der Waals surface area contributed by atoms with Crippen LogP contribution in [0.15, 0.2) is 0 Å². The van der Waals surface area contributed by atoms with E-state index in [9.17, 15) is 0 Å². The Labute approximate surface area is 81.2 Å². The predicted octanol–water partition coefficient (Wildman–Crippen LogP) is 0.692. The van der Waals surface area contributed by atoms with Crippen LogP contribution in [0.25, 0.3) is 0 Å². The highest BCUT2D eigenvalue weighted by molar-refractivity contribution is 4.88. The number of rotatable bonds is 4. The Kier molecular flexibility index (Phi) is 3.71. The summed E-state index contributed by atoms with van der Waals surface area (Å²) in [5.74, 6) is 0. The van der Waals surface area contributed by atoms with Gasteiger partial charge in [-0.15, -0.1) is 0 Å². The predicted molar refractivity (Wildman–Crippen MR) is 54.7 cm³/mol. The molecule has 2 atom stereocenters. The number of likely N-dealkylation sites (tertiary alicyclic amines) is 1. The van der Waals surface area contributed by atoms with E-state index in [-0.39, 0.29) is 0 Å². The molecule has 0 radical (unpaired) electrons. The average Bonchev–Trinajstić information content (AvgIpc) is 2.50. The lowest BCUT2D eigenvalue weighted by atomic mass is 9.90. The summed E-state index contributed by atoms with van der Waals surface area (Å²) < 4.78 is 5.14. The van der Waals surface area contributed by atoms with Crippen LogP contribution in [0.5, 0.6) is 0 Å². The van der Waals surface area contributed by atoms with Crippen molar-refractivity contribution in [2.45, 2.75) is 26.3 Å². The molecule has 78 valence electrons. The normalized spacial score (nSPS) is 32.3. The Morgan fingerprint density at radius 3 is 2.77 bits per heavy atom. The van der Waals surface area contributed by atoms with Crippen molar-refractivity contribution >= 4 is 0 Å². The first-order chi connectivity index (χ1) is 6.11. The van der Waals surface area contributed by atoms with Crippen molar-refractivity contribution in [3.8, 4) is 0 Å². The van der Waals surface area contributed by atoms with E-state index in [4.69, 9.17) is 10.5 Å². The Bertz CT molecular complexity index is 163. The van der Waals surface area contributed by atoms with E-state index < -0.39 is 0 Å². The maximum atomic E-state index is 5.75. The monoisotopic (exact) mass is 186 g/mol. The molecule has 1 aliphatic heterocycles. The van der Waals surface area contributed by atoms with Gasteiger partial charge < -0.3 is 10.5 Å². The fourth-order valence-electron chi connectivity index (χ4n) is 1.95. The summed E-state index contributed by atoms with van der Waals surface area (Å²) in [6, 6.07) is 0.526. The lowest BCUT2D eigenvalue weighted by Gasteiger charge is -2.26. The van der Waals surface area contributed by atoms with Crippen LogP contribution in [0, 0.1) is 5.41 Å². The highest BCUT2D eigenvalue weighted by atomic mass is 16.5. The Hall–Kier alpha value is -0.120. The number of methoxy groups -OCH3 is 1. The van der Waals surface area contributed by atoms with E-state index in [1.54, 1.807) is 7.11 Å². The third-order valence-electron chi connectivity index (χ3n) is 3.11. The van der Waals surface area contributed by atoms with Gasteiger partial charge >= 0.3 is 0 Å². The molecule has 0 bridgehead atoms. The molecule has 1 saturated heterocycles. The van der Waals surface area contributed by atoms with E-state index in [1.165, 1.54) is 6.42 Å². The van der Waals surface area contributed by atoms with Gasteiger partial charge in [-0.2, -0.15) is 0 Å². The summed E-state index contributed by atoms with van der Waals surface area (Å²) in [6.45, 7) is 8.38. The van der Waals surface area contributed by atoms with Crippen LogP contribution in [0.1, 0.15) is 20.3 Å². The highest BCUT2D eigenvalue weighted by Crippen LogP contribution is 2.29. The third-order valence-corrected chi connectivity index (χ3v) is 3.11. The van der Waals surface area contributed by atoms with Gasteiger partial charge in [0.2, 0.25) is 0 Å². The zero-order valence-electron chi connectivity index (χ0n) is 9.05. The second-order valence-corrected chi connectivity index (χ2v) is 4.54. The topological polar surface area (TPSA) is 38.5 Å². The summed E-state index contributed by atoms with van der Waals surface area (Å²) in [5, 5.41) is 0. The maximum absolute atomic E-state index is 5.75. The molecule has 0 spiro atoms. The van der Waals surface area contributed by atoms with Crippen molar-refractivity contribution in [1.29, 1.82) is 0 Å². The van der Waals surface area contributed by atoms with Gasteiger partial charge in [-0.3, -0.25) is 4.90 Å². The first-order valence-electron chi connectivity index (χ1n) is 5.04. The van der Waals surface area contributed by atoms with Crippen molar-refractivity contribution in [3.05, 3.63) is 0 Å². The van der Waals surface area contributed by atoms with Crippen molar-refractivity contribution in [2.75, 3.05) is 33.4 Å². The van der Waals surface area contributed by atoms with Gasteiger partial charge in [0.1, 0.15) is 0 Å². The summed E-state index contributed by atoms with van der Waals surface area (Å²) in [5.41, 5.74) is 6.08. The van der Waals surface area contributed by atoms with Gasteiger partial charge in [0.15, 0.2) is 0 Å². The van der Waals surface area contributed by atoms with Crippen molar-refractivity contribution in [2.24, 2.45) is 11.1 Å². The molecule has 2 unspecified atom stereocenters.